The molecule has 0 saturated carbocycles. The lowest BCUT2D eigenvalue weighted by Crippen LogP contribution is -2.34. The first kappa shape index (κ1) is 13.4. The van der Waals surface area contributed by atoms with Crippen LogP contribution in [0.5, 0.6) is 0 Å². The molecule has 2 aromatic rings. The van der Waals surface area contributed by atoms with E-state index in [0.717, 1.165) is 15.2 Å². The highest BCUT2D eigenvalue weighted by molar-refractivity contribution is 8.16. The third-order valence-electron chi connectivity index (χ3n) is 3.09. The number of rotatable bonds is 2. The number of carbonyl (C=O) groups is 1. The maximum absolute atomic E-state index is 11.3. The number of nitrogens with two attached hydrogens (primary N) is 1. The number of thiazole rings is 1. The van der Waals surface area contributed by atoms with Crippen molar-refractivity contribution in [2.75, 3.05) is 5.73 Å². The summed E-state index contributed by atoms with van der Waals surface area (Å²) in [6.45, 7) is 3.77. The number of aromatic nitrogens is 1. The van der Waals surface area contributed by atoms with Gasteiger partial charge in [-0.05, 0) is 32.0 Å². The lowest BCUT2D eigenvalue weighted by atomic mass is 10.0. The Labute approximate surface area is 123 Å². The fourth-order valence-corrected chi connectivity index (χ4v) is 4.30. The molecule has 0 saturated heterocycles. The van der Waals surface area contributed by atoms with Crippen molar-refractivity contribution in [3.8, 4) is 0 Å². The van der Waals surface area contributed by atoms with Gasteiger partial charge in [-0.15, -0.1) is 11.3 Å². The average molecular weight is 307 g/mol. The number of hydrogen-bond donors (Lipinski definition) is 2. The van der Waals surface area contributed by atoms with E-state index >= 15 is 0 Å². The summed E-state index contributed by atoms with van der Waals surface area (Å²) in [5.74, 6) is -0.900. The fraction of sp³-hybridized carbons (Fsp3) is 0.308. The van der Waals surface area contributed by atoms with Crippen LogP contribution in [0, 0.1) is 0 Å². The molecular weight excluding hydrogens is 294 g/mol. The first-order valence-electron chi connectivity index (χ1n) is 6.03. The number of aliphatic carboxylic acids is 1. The van der Waals surface area contributed by atoms with Gasteiger partial charge in [0.2, 0.25) is 0 Å². The van der Waals surface area contributed by atoms with Crippen LogP contribution in [0.1, 0.15) is 18.9 Å². The van der Waals surface area contributed by atoms with Crippen LogP contribution in [-0.2, 0) is 4.79 Å². The van der Waals surface area contributed by atoms with Gasteiger partial charge >= 0.3 is 5.97 Å². The Morgan fingerprint density at radius 2 is 2.20 bits per heavy atom. The Morgan fingerprint density at radius 1 is 1.45 bits per heavy atom. The van der Waals surface area contributed by atoms with Crippen LogP contribution >= 0.6 is 23.1 Å². The van der Waals surface area contributed by atoms with Gasteiger partial charge in [0.1, 0.15) is 10.1 Å². The second kappa shape index (κ2) is 4.46. The van der Waals surface area contributed by atoms with Crippen molar-refractivity contribution in [1.29, 1.82) is 0 Å². The minimum absolute atomic E-state index is 0.460. The van der Waals surface area contributed by atoms with Crippen molar-refractivity contribution in [1.82, 2.24) is 4.98 Å². The van der Waals surface area contributed by atoms with Gasteiger partial charge in [-0.1, -0.05) is 11.8 Å². The first-order chi connectivity index (χ1) is 9.37. The Kier molecular flexibility index (Phi) is 2.98. The molecule has 0 radical (unpaired) electrons. The van der Waals surface area contributed by atoms with E-state index in [-0.39, 0.29) is 0 Å². The molecule has 1 aromatic carbocycles. The SMILES string of the molecule is CC1(C)SC(c2nc3ccc(N)cc3s2)=NC1C(=O)O. The number of fused-ring (bicyclic) bond motifs is 1. The predicted molar refractivity (Wildman–Crippen MR) is 83.7 cm³/mol. The predicted octanol–water partition coefficient (Wildman–Crippen LogP) is 2.60. The molecule has 20 heavy (non-hydrogen) atoms. The highest BCUT2D eigenvalue weighted by atomic mass is 32.2. The lowest BCUT2D eigenvalue weighted by Gasteiger charge is -2.19. The van der Waals surface area contributed by atoms with Gasteiger partial charge < -0.3 is 10.8 Å². The highest BCUT2D eigenvalue weighted by Crippen LogP contribution is 2.41. The normalized spacial score (nSPS) is 21.1. The Hall–Kier alpha value is -1.60. The summed E-state index contributed by atoms with van der Waals surface area (Å²) < 4.78 is 0.526. The molecule has 1 unspecified atom stereocenters. The van der Waals surface area contributed by atoms with E-state index < -0.39 is 16.8 Å². The van der Waals surface area contributed by atoms with Crippen LogP contribution < -0.4 is 5.73 Å². The minimum atomic E-state index is -0.900. The van der Waals surface area contributed by atoms with Crippen molar-refractivity contribution >= 4 is 50.0 Å². The maximum Gasteiger partial charge on any atom is 0.329 e. The van der Waals surface area contributed by atoms with Crippen molar-refractivity contribution in [3.05, 3.63) is 23.2 Å². The highest BCUT2D eigenvalue weighted by Gasteiger charge is 2.43. The van der Waals surface area contributed by atoms with Gasteiger partial charge in [0.15, 0.2) is 6.04 Å². The molecule has 7 heteroatoms. The molecule has 0 fully saturated rings. The van der Waals surface area contributed by atoms with E-state index in [9.17, 15) is 9.90 Å². The van der Waals surface area contributed by atoms with E-state index in [4.69, 9.17) is 5.73 Å². The second-order valence-electron chi connectivity index (χ2n) is 5.13. The topological polar surface area (TPSA) is 88.6 Å². The number of benzene rings is 1. The van der Waals surface area contributed by atoms with E-state index in [0.29, 0.717) is 10.7 Å². The third-order valence-corrected chi connectivity index (χ3v) is 5.49. The van der Waals surface area contributed by atoms with Gasteiger partial charge in [-0.3, -0.25) is 4.99 Å². The molecular formula is C13H13N3O2S2. The van der Waals surface area contributed by atoms with Crippen molar-refractivity contribution in [3.63, 3.8) is 0 Å². The fourth-order valence-electron chi connectivity index (χ4n) is 2.09. The third kappa shape index (κ3) is 2.16. The summed E-state index contributed by atoms with van der Waals surface area (Å²) in [5.41, 5.74) is 7.31. The van der Waals surface area contributed by atoms with Crippen LogP contribution in [0.25, 0.3) is 10.2 Å². The minimum Gasteiger partial charge on any atom is -0.480 e. The van der Waals surface area contributed by atoms with E-state index in [1.54, 1.807) is 6.07 Å². The van der Waals surface area contributed by atoms with E-state index in [1.807, 2.05) is 26.0 Å². The van der Waals surface area contributed by atoms with Gasteiger partial charge in [0.05, 0.1) is 10.2 Å². The average Bonchev–Trinajstić information content (AvgIpc) is 2.88. The molecule has 2 heterocycles. The Balaban J connectivity index is 2.03. The summed E-state index contributed by atoms with van der Waals surface area (Å²) in [4.78, 5) is 20.1. The van der Waals surface area contributed by atoms with Crippen molar-refractivity contribution < 1.29 is 9.90 Å². The van der Waals surface area contributed by atoms with Crippen LogP contribution in [0.4, 0.5) is 5.69 Å². The summed E-state index contributed by atoms with van der Waals surface area (Å²) >= 11 is 2.95. The summed E-state index contributed by atoms with van der Waals surface area (Å²) in [7, 11) is 0. The van der Waals surface area contributed by atoms with E-state index in [2.05, 4.69) is 9.98 Å². The Morgan fingerprint density at radius 3 is 2.85 bits per heavy atom. The van der Waals surface area contributed by atoms with Crippen molar-refractivity contribution in [2.24, 2.45) is 4.99 Å². The van der Waals surface area contributed by atoms with Crippen LogP contribution in [0.3, 0.4) is 0 Å². The molecule has 0 spiro atoms. The second-order valence-corrected chi connectivity index (χ2v) is 7.80. The standard InChI is InChI=1S/C13H13N3O2S2/c1-13(2)9(12(17)18)16-11(20-13)10-15-7-4-3-6(14)5-8(7)19-10/h3-5,9H,14H2,1-2H3,(H,17,18). The quantitative estimate of drug-likeness (QED) is 0.833. The lowest BCUT2D eigenvalue weighted by molar-refractivity contribution is -0.138. The van der Waals surface area contributed by atoms with Gasteiger partial charge in [0, 0.05) is 10.4 Å². The molecule has 3 rings (SSSR count). The maximum atomic E-state index is 11.3. The molecule has 0 amide bonds. The largest absolute Gasteiger partial charge is 0.480 e. The number of hydrogen-bond acceptors (Lipinski definition) is 6. The number of carboxylic acid groups (broad SMARTS) is 1. The zero-order chi connectivity index (χ0) is 14.5. The Bertz CT molecular complexity index is 736. The number of carboxylic acids is 1. The summed E-state index contributed by atoms with van der Waals surface area (Å²) in [6.07, 6.45) is 0. The monoisotopic (exact) mass is 307 g/mol. The number of nitrogen functional groups attached to an aromatic ring is 1. The molecule has 1 aliphatic heterocycles. The molecule has 0 aliphatic carbocycles. The van der Waals surface area contributed by atoms with Crippen LogP contribution in [0.2, 0.25) is 0 Å². The number of aliphatic imine (C=N–C) groups is 1. The number of thioether (sulfide) groups is 1. The smallest absolute Gasteiger partial charge is 0.329 e. The zero-order valence-electron chi connectivity index (χ0n) is 11.0. The van der Waals surface area contributed by atoms with Gasteiger partial charge in [0.25, 0.3) is 0 Å². The summed E-state index contributed by atoms with van der Waals surface area (Å²) in [6, 6.07) is 4.81. The van der Waals surface area contributed by atoms with Crippen LogP contribution in [0.15, 0.2) is 23.2 Å². The molecule has 104 valence electrons. The first-order valence-corrected chi connectivity index (χ1v) is 7.66. The molecule has 0 bridgehead atoms. The molecule has 5 nitrogen and oxygen atoms in total. The number of nitrogens with zero attached hydrogens (tertiary/aromatic N) is 2. The zero-order valence-corrected chi connectivity index (χ0v) is 12.6. The number of anilines is 1. The molecule has 3 N–H and O–H groups in total. The van der Waals surface area contributed by atoms with E-state index in [1.165, 1.54) is 23.1 Å². The molecule has 1 aromatic heterocycles. The van der Waals surface area contributed by atoms with Gasteiger partial charge in [-0.2, -0.15) is 0 Å². The van der Waals surface area contributed by atoms with Crippen molar-refractivity contribution in [2.45, 2.75) is 24.6 Å². The van der Waals surface area contributed by atoms with Gasteiger partial charge in [-0.25, -0.2) is 9.78 Å². The molecule has 1 aliphatic rings. The summed E-state index contributed by atoms with van der Waals surface area (Å²) in [5, 5.41) is 10.7. The van der Waals surface area contributed by atoms with Crippen LogP contribution in [-0.4, -0.2) is 31.9 Å². The molecule has 1 atom stereocenters.